The summed E-state index contributed by atoms with van der Waals surface area (Å²) in [5.74, 6) is -0.0996. The number of aromatic nitrogens is 1. The van der Waals surface area contributed by atoms with Gasteiger partial charge in [-0.05, 0) is 61.2 Å². The van der Waals surface area contributed by atoms with Gasteiger partial charge in [0.1, 0.15) is 12.6 Å². The number of urea groups is 1. The third-order valence-corrected chi connectivity index (χ3v) is 6.79. The van der Waals surface area contributed by atoms with Gasteiger partial charge in [0.05, 0.1) is 17.1 Å². The highest BCUT2D eigenvalue weighted by Gasteiger charge is 2.39. The number of unbranched alkanes of at least 4 members (excludes halogenated alkanes) is 1. The largest absolute Gasteiger partial charge is 0.338 e. The minimum atomic E-state index is -0.320. The van der Waals surface area contributed by atoms with E-state index in [1.54, 1.807) is 4.90 Å². The summed E-state index contributed by atoms with van der Waals surface area (Å²) in [7, 11) is 0. The van der Waals surface area contributed by atoms with E-state index in [4.69, 9.17) is 11.6 Å². The van der Waals surface area contributed by atoms with Crippen LogP contribution in [0.4, 0.5) is 10.5 Å². The van der Waals surface area contributed by atoms with Crippen LogP contribution in [0.3, 0.4) is 0 Å². The van der Waals surface area contributed by atoms with E-state index in [0.29, 0.717) is 11.6 Å². The molecule has 6 nitrogen and oxygen atoms in total. The Balaban J connectivity index is 1.51. The Bertz CT molecular complexity index is 1190. The molecule has 2 aliphatic rings. The first-order valence-electron chi connectivity index (χ1n) is 12.0. The average molecular weight is 477 g/mol. The molecule has 0 radical (unpaired) electrons. The third-order valence-electron chi connectivity index (χ3n) is 6.53. The van der Waals surface area contributed by atoms with Crippen LogP contribution >= 0.6 is 11.6 Å². The van der Waals surface area contributed by atoms with Gasteiger partial charge >= 0.3 is 6.03 Å². The van der Waals surface area contributed by atoms with Gasteiger partial charge in [0.15, 0.2) is 0 Å². The number of benzene rings is 2. The number of carbonyl (C=O) groups is 2. The van der Waals surface area contributed by atoms with Gasteiger partial charge in [-0.1, -0.05) is 49.2 Å². The average Bonchev–Trinajstić information content (AvgIpc) is 3.57. The fourth-order valence-corrected chi connectivity index (χ4v) is 4.80. The van der Waals surface area contributed by atoms with Crippen LogP contribution in [-0.2, 0) is 4.79 Å². The normalized spacial score (nSPS) is 16.5. The highest BCUT2D eigenvalue weighted by molar-refractivity contribution is 6.30. The monoisotopic (exact) mass is 476 g/mol. The fraction of sp³-hybridized carbons (Fsp3) is 0.333. The van der Waals surface area contributed by atoms with Crippen molar-refractivity contribution in [3.05, 3.63) is 83.1 Å². The Kier molecular flexibility index (Phi) is 6.33. The van der Waals surface area contributed by atoms with Crippen LogP contribution in [0.15, 0.2) is 66.9 Å². The zero-order valence-electron chi connectivity index (χ0n) is 19.3. The number of nitrogens with one attached hydrogen (secondary N) is 1. The quantitative estimate of drug-likeness (QED) is 0.455. The predicted octanol–water partition coefficient (Wildman–Crippen LogP) is 5.54. The number of anilines is 1. The van der Waals surface area contributed by atoms with Crippen molar-refractivity contribution < 1.29 is 9.59 Å². The van der Waals surface area contributed by atoms with Crippen molar-refractivity contribution in [3.63, 3.8) is 0 Å². The molecule has 3 amide bonds. The van der Waals surface area contributed by atoms with Crippen molar-refractivity contribution in [1.82, 2.24) is 14.8 Å². The van der Waals surface area contributed by atoms with Crippen LogP contribution in [-0.4, -0.2) is 40.5 Å². The molecule has 2 heterocycles. The summed E-state index contributed by atoms with van der Waals surface area (Å²) in [6.45, 7) is 2.76. The Morgan fingerprint density at radius 3 is 2.47 bits per heavy atom. The van der Waals surface area contributed by atoms with Gasteiger partial charge in [0.2, 0.25) is 5.91 Å². The maximum Gasteiger partial charge on any atom is 0.318 e. The molecule has 34 heavy (non-hydrogen) atoms. The SMILES string of the molecule is CCCCNC(=O)N(CC(=O)N1c2ccccc2-n2cccc2C1c1ccc(Cl)cc1)C1CC1. The molecule has 176 valence electrons. The summed E-state index contributed by atoms with van der Waals surface area (Å²) in [6, 6.07) is 19.3. The molecule has 1 saturated carbocycles. The van der Waals surface area contributed by atoms with Gasteiger partial charge < -0.3 is 14.8 Å². The smallest absolute Gasteiger partial charge is 0.318 e. The van der Waals surface area contributed by atoms with Crippen molar-refractivity contribution in [2.45, 2.75) is 44.7 Å². The molecule has 1 aliphatic heterocycles. The first-order chi connectivity index (χ1) is 16.6. The maximum atomic E-state index is 14.0. The lowest BCUT2D eigenvalue weighted by molar-refractivity contribution is -0.119. The molecule has 1 unspecified atom stereocenters. The molecule has 1 aromatic heterocycles. The van der Waals surface area contributed by atoms with Crippen molar-refractivity contribution in [2.24, 2.45) is 0 Å². The number of nitrogens with zero attached hydrogens (tertiary/aromatic N) is 3. The summed E-state index contributed by atoms with van der Waals surface area (Å²) >= 11 is 6.17. The Labute approximate surface area is 205 Å². The molecular formula is C27H29ClN4O2. The molecule has 1 N–H and O–H groups in total. The van der Waals surface area contributed by atoms with Crippen molar-refractivity contribution in [3.8, 4) is 5.69 Å². The first-order valence-corrected chi connectivity index (χ1v) is 12.3. The van der Waals surface area contributed by atoms with E-state index in [0.717, 1.165) is 48.3 Å². The lowest BCUT2D eigenvalue weighted by Gasteiger charge is -2.39. The molecule has 1 aliphatic carbocycles. The summed E-state index contributed by atoms with van der Waals surface area (Å²) < 4.78 is 2.13. The first kappa shape index (κ1) is 22.5. The number of hydrogen-bond donors (Lipinski definition) is 1. The molecule has 7 heteroatoms. The lowest BCUT2D eigenvalue weighted by Crippen LogP contribution is -2.50. The number of fused-ring (bicyclic) bond motifs is 3. The summed E-state index contributed by atoms with van der Waals surface area (Å²) in [4.78, 5) is 30.5. The Morgan fingerprint density at radius 2 is 1.76 bits per heavy atom. The van der Waals surface area contributed by atoms with E-state index >= 15 is 0 Å². The van der Waals surface area contributed by atoms with Crippen LogP contribution < -0.4 is 10.2 Å². The molecule has 0 spiro atoms. The van der Waals surface area contributed by atoms with Crippen LogP contribution in [0, 0.1) is 0 Å². The fourth-order valence-electron chi connectivity index (χ4n) is 4.67. The van der Waals surface area contributed by atoms with Crippen LogP contribution in [0.2, 0.25) is 5.02 Å². The number of rotatable bonds is 7. The van der Waals surface area contributed by atoms with Crippen molar-refractivity contribution in [2.75, 3.05) is 18.0 Å². The third kappa shape index (κ3) is 4.30. The number of hydrogen-bond acceptors (Lipinski definition) is 2. The number of halogens is 1. The molecule has 0 bridgehead atoms. The van der Waals surface area contributed by atoms with Crippen LogP contribution in [0.1, 0.15) is 49.9 Å². The highest BCUT2D eigenvalue weighted by atomic mass is 35.5. The zero-order chi connectivity index (χ0) is 23.7. The number of carbonyl (C=O) groups excluding carboxylic acids is 2. The van der Waals surface area contributed by atoms with E-state index in [1.165, 1.54) is 0 Å². The summed E-state index contributed by atoms with van der Waals surface area (Å²) in [5.41, 5.74) is 3.75. The van der Waals surface area contributed by atoms with Gasteiger partial charge in [0, 0.05) is 23.8 Å². The van der Waals surface area contributed by atoms with E-state index in [-0.39, 0.29) is 30.6 Å². The van der Waals surface area contributed by atoms with E-state index in [1.807, 2.05) is 71.8 Å². The molecule has 5 rings (SSSR count). The molecule has 2 aromatic carbocycles. The molecule has 1 fully saturated rings. The van der Waals surface area contributed by atoms with Crippen LogP contribution in [0.25, 0.3) is 5.69 Å². The van der Waals surface area contributed by atoms with E-state index < -0.39 is 0 Å². The van der Waals surface area contributed by atoms with Gasteiger partial charge in [-0.15, -0.1) is 0 Å². The number of para-hydroxylation sites is 2. The Morgan fingerprint density at radius 1 is 1.03 bits per heavy atom. The predicted molar refractivity (Wildman–Crippen MR) is 135 cm³/mol. The molecule has 0 saturated heterocycles. The second-order valence-corrected chi connectivity index (χ2v) is 9.39. The van der Waals surface area contributed by atoms with Crippen molar-refractivity contribution in [1.29, 1.82) is 0 Å². The van der Waals surface area contributed by atoms with Gasteiger partial charge in [-0.2, -0.15) is 0 Å². The van der Waals surface area contributed by atoms with Gasteiger partial charge in [-0.3, -0.25) is 9.69 Å². The highest BCUT2D eigenvalue weighted by Crippen LogP contribution is 2.42. The van der Waals surface area contributed by atoms with Crippen LogP contribution in [0.5, 0.6) is 0 Å². The van der Waals surface area contributed by atoms with E-state index in [2.05, 4.69) is 16.8 Å². The number of amides is 3. The second-order valence-electron chi connectivity index (χ2n) is 8.95. The lowest BCUT2D eigenvalue weighted by atomic mass is 9.97. The van der Waals surface area contributed by atoms with Crippen molar-refractivity contribution >= 4 is 29.2 Å². The summed E-state index contributed by atoms with van der Waals surface area (Å²) in [6.07, 6.45) is 5.84. The maximum absolute atomic E-state index is 14.0. The Hall–Kier alpha value is -3.25. The van der Waals surface area contributed by atoms with Gasteiger partial charge in [-0.25, -0.2) is 4.79 Å². The molecule has 3 aromatic rings. The minimum absolute atomic E-state index is 0.0434. The minimum Gasteiger partial charge on any atom is -0.338 e. The second kappa shape index (κ2) is 9.55. The van der Waals surface area contributed by atoms with Gasteiger partial charge in [0.25, 0.3) is 0 Å². The topological polar surface area (TPSA) is 57.6 Å². The van der Waals surface area contributed by atoms with E-state index in [9.17, 15) is 9.59 Å². The molecular weight excluding hydrogens is 448 g/mol. The molecule has 1 atom stereocenters. The zero-order valence-corrected chi connectivity index (χ0v) is 20.0. The standard InChI is InChI=1S/C27H29ClN4O2/c1-2-3-16-29-27(34)31(21-14-15-21)18-25(33)32-23-8-5-4-7-22(23)30-17-6-9-24(30)26(32)19-10-12-20(28)13-11-19/h4-13,17,21,26H,2-3,14-16,18H2,1H3,(H,29,34). The summed E-state index contributed by atoms with van der Waals surface area (Å²) in [5, 5.41) is 3.64.